The lowest BCUT2D eigenvalue weighted by molar-refractivity contribution is -0.143. The molecule has 0 saturated carbocycles. The van der Waals surface area contributed by atoms with Crippen LogP contribution in [0.25, 0.3) is 10.9 Å². The number of hydrogen-bond acceptors (Lipinski definition) is 1. The Bertz CT molecular complexity index is 823. The van der Waals surface area contributed by atoms with Crippen molar-refractivity contribution in [1.29, 1.82) is 0 Å². The molecule has 0 aliphatic rings. The third-order valence-corrected chi connectivity index (χ3v) is 3.93. The maximum absolute atomic E-state index is 13.4. The summed E-state index contributed by atoms with van der Waals surface area (Å²) >= 11 is 0. The molecule has 1 heterocycles. The Kier molecular flexibility index (Phi) is 5.26. The van der Waals surface area contributed by atoms with E-state index in [-0.39, 0.29) is 25.0 Å². The topological polar surface area (TPSA) is 30.9 Å². The monoisotopic (exact) mass is 354 g/mol. The SMILES string of the molecule is CC(N)c1ccc2c(c1)cc(C(F)(F)F)n2Cc1ccccc1.Cl. The fourth-order valence-electron chi connectivity index (χ4n) is 2.74. The zero-order chi connectivity index (χ0) is 16.6. The van der Waals surface area contributed by atoms with Gasteiger partial charge in [-0.2, -0.15) is 13.2 Å². The number of nitrogens with two attached hydrogens (primary N) is 1. The molecule has 6 heteroatoms. The molecule has 2 aromatic carbocycles. The van der Waals surface area contributed by atoms with Crippen LogP contribution in [0, 0.1) is 0 Å². The van der Waals surface area contributed by atoms with Gasteiger partial charge >= 0.3 is 6.18 Å². The Morgan fingerprint density at radius 1 is 1.04 bits per heavy atom. The molecule has 0 aliphatic carbocycles. The fourth-order valence-corrected chi connectivity index (χ4v) is 2.74. The van der Waals surface area contributed by atoms with Gasteiger partial charge in [-0.05, 0) is 36.2 Å². The standard InChI is InChI=1S/C18H17F3N2.ClH/c1-12(22)14-7-8-16-15(9-14)10-17(18(19,20)21)23(16)11-13-5-3-2-4-6-13;/h2-10,12H,11,22H2,1H3;1H. The molecule has 24 heavy (non-hydrogen) atoms. The second kappa shape index (κ2) is 6.87. The molecule has 0 amide bonds. The molecule has 1 unspecified atom stereocenters. The van der Waals surface area contributed by atoms with Crippen LogP contribution in [0.15, 0.2) is 54.6 Å². The summed E-state index contributed by atoms with van der Waals surface area (Å²) < 4.78 is 41.5. The van der Waals surface area contributed by atoms with Gasteiger partial charge in [0.15, 0.2) is 0 Å². The molecular weight excluding hydrogens is 337 g/mol. The quantitative estimate of drug-likeness (QED) is 0.692. The van der Waals surface area contributed by atoms with Gasteiger partial charge in [0, 0.05) is 23.5 Å². The molecule has 0 aliphatic heterocycles. The molecule has 128 valence electrons. The summed E-state index contributed by atoms with van der Waals surface area (Å²) in [7, 11) is 0. The average molecular weight is 355 g/mol. The van der Waals surface area contributed by atoms with E-state index in [1.54, 1.807) is 18.2 Å². The average Bonchev–Trinajstić information content (AvgIpc) is 2.86. The maximum atomic E-state index is 13.4. The highest BCUT2D eigenvalue weighted by Gasteiger charge is 2.35. The van der Waals surface area contributed by atoms with Crippen LogP contribution in [-0.2, 0) is 12.7 Å². The van der Waals surface area contributed by atoms with E-state index in [1.165, 1.54) is 10.6 Å². The second-order valence-electron chi connectivity index (χ2n) is 5.71. The predicted octanol–water partition coefficient (Wildman–Crippen LogP) is 5.15. The van der Waals surface area contributed by atoms with Crippen LogP contribution in [0.4, 0.5) is 13.2 Å². The van der Waals surface area contributed by atoms with E-state index in [2.05, 4.69) is 0 Å². The Balaban J connectivity index is 0.00000208. The second-order valence-corrected chi connectivity index (χ2v) is 5.71. The number of hydrogen-bond donors (Lipinski definition) is 1. The summed E-state index contributed by atoms with van der Waals surface area (Å²) in [5, 5.41) is 0.558. The first kappa shape index (κ1) is 18.4. The van der Waals surface area contributed by atoms with Gasteiger partial charge in [-0.15, -0.1) is 12.4 Å². The lowest BCUT2D eigenvalue weighted by Gasteiger charge is -2.13. The van der Waals surface area contributed by atoms with Crippen LogP contribution in [0.1, 0.15) is 29.8 Å². The Labute approximate surface area is 144 Å². The summed E-state index contributed by atoms with van der Waals surface area (Å²) in [5.41, 5.74) is 7.40. The van der Waals surface area contributed by atoms with Crippen LogP contribution >= 0.6 is 12.4 Å². The van der Waals surface area contributed by atoms with E-state index < -0.39 is 11.9 Å². The van der Waals surface area contributed by atoms with Gasteiger partial charge in [-0.25, -0.2) is 0 Å². The highest BCUT2D eigenvalue weighted by Crippen LogP contribution is 2.35. The molecular formula is C18H18ClF3N2. The lowest BCUT2D eigenvalue weighted by Crippen LogP contribution is -2.14. The molecule has 0 radical (unpaired) electrons. The van der Waals surface area contributed by atoms with Crippen LogP contribution in [-0.4, -0.2) is 4.57 Å². The lowest BCUT2D eigenvalue weighted by atomic mass is 10.1. The van der Waals surface area contributed by atoms with Crippen molar-refractivity contribution in [2.45, 2.75) is 25.7 Å². The van der Waals surface area contributed by atoms with Crippen LogP contribution < -0.4 is 5.73 Å². The highest BCUT2D eigenvalue weighted by molar-refractivity contribution is 5.85. The van der Waals surface area contributed by atoms with Gasteiger partial charge in [0.05, 0.1) is 0 Å². The Morgan fingerprint density at radius 2 is 1.71 bits per heavy atom. The molecule has 1 aromatic heterocycles. The third-order valence-electron chi connectivity index (χ3n) is 3.93. The molecule has 1 atom stereocenters. The summed E-state index contributed by atoms with van der Waals surface area (Å²) in [5.74, 6) is 0. The van der Waals surface area contributed by atoms with Crippen LogP contribution in [0.2, 0.25) is 0 Å². The minimum Gasteiger partial charge on any atom is -0.332 e. The van der Waals surface area contributed by atoms with Crippen molar-refractivity contribution in [3.63, 3.8) is 0 Å². The van der Waals surface area contributed by atoms with Crippen molar-refractivity contribution < 1.29 is 13.2 Å². The number of fused-ring (bicyclic) bond motifs is 1. The zero-order valence-corrected chi connectivity index (χ0v) is 13.9. The molecule has 0 saturated heterocycles. The van der Waals surface area contributed by atoms with E-state index in [9.17, 15) is 13.2 Å². The number of rotatable bonds is 3. The molecule has 2 N–H and O–H groups in total. The van der Waals surface area contributed by atoms with Crippen molar-refractivity contribution in [1.82, 2.24) is 4.57 Å². The molecule has 2 nitrogen and oxygen atoms in total. The number of aromatic nitrogens is 1. The van der Waals surface area contributed by atoms with E-state index in [0.717, 1.165) is 11.1 Å². The Morgan fingerprint density at radius 3 is 2.29 bits per heavy atom. The zero-order valence-electron chi connectivity index (χ0n) is 13.0. The van der Waals surface area contributed by atoms with Gasteiger partial charge in [-0.1, -0.05) is 36.4 Å². The summed E-state index contributed by atoms with van der Waals surface area (Å²) in [6, 6.07) is 15.3. The van der Waals surface area contributed by atoms with Gasteiger partial charge in [0.1, 0.15) is 5.69 Å². The Hall–Kier alpha value is -1.98. The van der Waals surface area contributed by atoms with Crippen molar-refractivity contribution in [3.05, 3.63) is 71.4 Å². The largest absolute Gasteiger partial charge is 0.431 e. The van der Waals surface area contributed by atoms with E-state index in [4.69, 9.17) is 5.73 Å². The number of alkyl halides is 3. The van der Waals surface area contributed by atoms with Gasteiger partial charge in [0.25, 0.3) is 0 Å². The highest BCUT2D eigenvalue weighted by atomic mass is 35.5. The summed E-state index contributed by atoms with van der Waals surface area (Å²) in [6.45, 7) is 1.99. The van der Waals surface area contributed by atoms with E-state index in [0.29, 0.717) is 10.9 Å². The smallest absolute Gasteiger partial charge is 0.332 e. The van der Waals surface area contributed by atoms with E-state index in [1.807, 2.05) is 37.3 Å². The first-order valence-electron chi connectivity index (χ1n) is 7.36. The molecule has 3 aromatic rings. The third kappa shape index (κ3) is 3.57. The fraction of sp³-hybridized carbons (Fsp3) is 0.222. The number of halogens is 4. The first-order valence-corrected chi connectivity index (χ1v) is 7.36. The number of nitrogens with zero attached hydrogens (tertiary/aromatic N) is 1. The minimum absolute atomic E-state index is 0. The van der Waals surface area contributed by atoms with Gasteiger partial charge < -0.3 is 10.3 Å². The number of benzene rings is 2. The minimum atomic E-state index is -4.40. The van der Waals surface area contributed by atoms with Crippen molar-refractivity contribution >= 4 is 23.3 Å². The van der Waals surface area contributed by atoms with Crippen LogP contribution in [0.5, 0.6) is 0 Å². The first-order chi connectivity index (χ1) is 10.9. The van der Waals surface area contributed by atoms with Gasteiger partial charge in [-0.3, -0.25) is 0 Å². The van der Waals surface area contributed by atoms with Crippen molar-refractivity contribution in [2.75, 3.05) is 0 Å². The summed E-state index contributed by atoms with van der Waals surface area (Å²) in [6.07, 6.45) is -4.40. The van der Waals surface area contributed by atoms with Gasteiger partial charge in [0.2, 0.25) is 0 Å². The maximum Gasteiger partial charge on any atom is 0.431 e. The molecule has 0 fully saturated rings. The van der Waals surface area contributed by atoms with Crippen LogP contribution in [0.3, 0.4) is 0 Å². The van der Waals surface area contributed by atoms with E-state index >= 15 is 0 Å². The normalized spacial score (nSPS) is 12.9. The molecule has 0 bridgehead atoms. The molecule has 3 rings (SSSR count). The predicted molar refractivity (Wildman–Crippen MR) is 92.3 cm³/mol. The summed E-state index contributed by atoms with van der Waals surface area (Å²) in [4.78, 5) is 0. The van der Waals surface area contributed by atoms with Crippen molar-refractivity contribution in [3.8, 4) is 0 Å². The molecule has 0 spiro atoms. The van der Waals surface area contributed by atoms with Crippen molar-refractivity contribution in [2.24, 2.45) is 5.73 Å².